The van der Waals surface area contributed by atoms with E-state index in [1.54, 1.807) is 0 Å². The van der Waals surface area contributed by atoms with Gasteiger partial charge in [-0.05, 0) is 17.0 Å². The van der Waals surface area contributed by atoms with Crippen molar-refractivity contribution in [2.45, 2.75) is 25.9 Å². The normalized spacial score (nSPS) is 13.1. The zero-order valence-corrected chi connectivity index (χ0v) is 16.9. The van der Waals surface area contributed by atoms with Crippen LogP contribution in [0, 0.1) is 5.92 Å². The van der Waals surface area contributed by atoms with E-state index in [2.05, 4.69) is 10.0 Å². The number of benzene rings is 2. The van der Waals surface area contributed by atoms with E-state index in [0.717, 1.165) is 15.4 Å². The molecule has 0 fully saturated rings. The molecule has 0 saturated heterocycles. The summed E-state index contributed by atoms with van der Waals surface area (Å²) in [6.07, 6.45) is 0. The van der Waals surface area contributed by atoms with Gasteiger partial charge in [0.05, 0.1) is 6.04 Å². The highest BCUT2D eigenvalue weighted by atomic mass is 32.2. The summed E-state index contributed by atoms with van der Waals surface area (Å²) < 4.78 is 28.0. The van der Waals surface area contributed by atoms with Gasteiger partial charge in [-0.15, -0.1) is 0 Å². The van der Waals surface area contributed by atoms with Crippen LogP contribution in [0.1, 0.15) is 31.0 Å². The number of hydrogen-bond donors (Lipinski definition) is 2. The fourth-order valence-corrected chi connectivity index (χ4v) is 3.55. The molecule has 0 spiro atoms. The molecular weight excluding hydrogens is 362 g/mol. The number of nitrogens with zero attached hydrogens (tertiary/aromatic N) is 1. The predicted molar refractivity (Wildman–Crippen MR) is 107 cm³/mol. The minimum atomic E-state index is -3.73. The van der Waals surface area contributed by atoms with Gasteiger partial charge in [0.25, 0.3) is 10.2 Å². The van der Waals surface area contributed by atoms with Crippen molar-refractivity contribution in [2.24, 2.45) is 5.92 Å². The quantitative estimate of drug-likeness (QED) is 0.727. The number of nitrogens with one attached hydrogen (secondary N) is 2. The first-order chi connectivity index (χ1) is 12.7. The van der Waals surface area contributed by atoms with Gasteiger partial charge < -0.3 is 5.32 Å². The monoisotopic (exact) mass is 389 g/mol. The van der Waals surface area contributed by atoms with E-state index < -0.39 is 16.3 Å². The minimum Gasteiger partial charge on any atom is -0.344 e. The second kappa shape index (κ2) is 9.12. The Kier molecular flexibility index (Phi) is 7.12. The molecule has 0 aliphatic rings. The Morgan fingerprint density at radius 3 is 1.70 bits per heavy atom. The van der Waals surface area contributed by atoms with Crippen LogP contribution in [0.25, 0.3) is 0 Å². The lowest BCUT2D eigenvalue weighted by Gasteiger charge is -2.27. The molecule has 0 unspecified atom stereocenters. The smallest absolute Gasteiger partial charge is 0.279 e. The van der Waals surface area contributed by atoms with Crippen LogP contribution < -0.4 is 10.0 Å². The number of carbonyl (C=O) groups excluding carboxylic acids is 1. The van der Waals surface area contributed by atoms with Crippen LogP contribution in [0.4, 0.5) is 0 Å². The van der Waals surface area contributed by atoms with Crippen molar-refractivity contribution in [3.8, 4) is 0 Å². The Balaban J connectivity index is 2.31. The lowest BCUT2D eigenvalue weighted by Crippen LogP contribution is -2.53. The highest BCUT2D eigenvalue weighted by Gasteiger charge is 2.30. The molecule has 2 N–H and O–H groups in total. The van der Waals surface area contributed by atoms with Crippen molar-refractivity contribution in [3.05, 3.63) is 71.8 Å². The van der Waals surface area contributed by atoms with E-state index in [4.69, 9.17) is 0 Å². The fourth-order valence-electron chi connectivity index (χ4n) is 2.64. The van der Waals surface area contributed by atoms with Crippen LogP contribution in [0.2, 0.25) is 0 Å². The zero-order valence-electron chi connectivity index (χ0n) is 16.1. The maximum absolute atomic E-state index is 13.0. The van der Waals surface area contributed by atoms with Crippen LogP contribution in [0.5, 0.6) is 0 Å². The summed E-state index contributed by atoms with van der Waals surface area (Å²) in [7, 11) is -0.880. The van der Waals surface area contributed by atoms with Gasteiger partial charge in [-0.3, -0.25) is 4.79 Å². The van der Waals surface area contributed by atoms with Crippen molar-refractivity contribution in [2.75, 3.05) is 14.1 Å². The molecule has 0 aliphatic heterocycles. The highest BCUT2D eigenvalue weighted by molar-refractivity contribution is 7.87. The molecule has 2 aromatic carbocycles. The second-order valence-corrected chi connectivity index (χ2v) is 8.81. The molecule has 2 rings (SSSR count). The van der Waals surface area contributed by atoms with Crippen molar-refractivity contribution in [1.82, 2.24) is 14.3 Å². The summed E-state index contributed by atoms with van der Waals surface area (Å²) in [5, 5.41) is 3.01. The third kappa shape index (κ3) is 5.63. The number of carbonyl (C=O) groups is 1. The van der Waals surface area contributed by atoms with E-state index in [1.807, 2.05) is 74.5 Å². The standard InChI is InChI=1S/C20H27N3O3S/c1-15(2)18(22-27(25,26)23(3)4)20(24)21-19(16-11-7-5-8-12-16)17-13-9-6-10-14-17/h5-15,18-19,22H,1-4H3,(H,21,24)/t18-/m1/s1. The van der Waals surface area contributed by atoms with E-state index in [0.29, 0.717) is 0 Å². The maximum Gasteiger partial charge on any atom is 0.279 e. The molecule has 0 saturated carbocycles. The lowest BCUT2D eigenvalue weighted by molar-refractivity contribution is -0.124. The van der Waals surface area contributed by atoms with Gasteiger partial charge in [0, 0.05) is 14.1 Å². The van der Waals surface area contributed by atoms with Gasteiger partial charge in [0.2, 0.25) is 5.91 Å². The Labute approximate surface area is 161 Å². The van der Waals surface area contributed by atoms with Gasteiger partial charge in [-0.2, -0.15) is 17.4 Å². The van der Waals surface area contributed by atoms with Crippen molar-refractivity contribution >= 4 is 16.1 Å². The summed E-state index contributed by atoms with van der Waals surface area (Å²) in [4.78, 5) is 13.0. The highest BCUT2D eigenvalue weighted by Crippen LogP contribution is 2.22. The molecule has 0 radical (unpaired) electrons. The van der Waals surface area contributed by atoms with Crippen LogP contribution in [-0.2, 0) is 15.0 Å². The van der Waals surface area contributed by atoms with E-state index in [-0.39, 0.29) is 17.9 Å². The third-order valence-corrected chi connectivity index (χ3v) is 5.77. The molecule has 0 aliphatic carbocycles. The van der Waals surface area contributed by atoms with Crippen LogP contribution >= 0.6 is 0 Å². The first-order valence-electron chi connectivity index (χ1n) is 8.82. The molecule has 27 heavy (non-hydrogen) atoms. The SMILES string of the molecule is CC(C)[C@@H](NS(=O)(=O)N(C)C)C(=O)NC(c1ccccc1)c1ccccc1. The topological polar surface area (TPSA) is 78.5 Å². The first kappa shape index (κ1) is 21.1. The van der Waals surface area contributed by atoms with Gasteiger partial charge in [0.1, 0.15) is 6.04 Å². The van der Waals surface area contributed by atoms with Gasteiger partial charge >= 0.3 is 0 Å². The Morgan fingerprint density at radius 1 is 0.889 bits per heavy atom. The lowest BCUT2D eigenvalue weighted by atomic mass is 9.97. The number of hydrogen-bond acceptors (Lipinski definition) is 3. The summed E-state index contributed by atoms with van der Waals surface area (Å²) in [6, 6.07) is 18.0. The average Bonchev–Trinajstić information content (AvgIpc) is 2.65. The van der Waals surface area contributed by atoms with E-state index in [9.17, 15) is 13.2 Å². The predicted octanol–water partition coefficient (Wildman–Crippen LogP) is 2.31. The van der Waals surface area contributed by atoms with Crippen molar-refractivity contribution in [1.29, 1.82) is 0 Å². The Bertz CT molecular complexity index is 798. The van der Waals surface area contributed by atoms with Crippen molar-refractivity contribution in [3.63, 3.8) is 0 Å². The third-order valence-electron chi connectivity index (χ3n) is 4.26. The first-order valence-corrected chi connectivity index (χ1v) is 10.3. The molecule has 1 amide bonds. The van der Waals surface area contributed by atoms with Gasteiger partial charge in [0.15, 0.2) is 0 Å². The number of amides is 1. The number of rotatable bonds is 8. The Hall–Kier alpha value is -2.22. The van der Waals surface area contributed by atoms with E-state index in [1.165, 1.54) is 14.1 Å². The summed E-state index contributed by atoms with van der Waals surface area (Å²) >= 11 is 0. The fraction of sp³-hybridized carbons (Fsp3) is 0.350. The molecule has 146 valence electrons. The van der Waals surface area contributed by atoms with Crippen LogP contribution in [-0.4, -0.2) is 38.8 Å². The second-order valence-electron chi connectivity index (χ2n) is 6.89. The molecule has 6 nitrogen and oxygen atoms in total. The van der Waals surface area contributed by atoms with Crippen LogP contribution in [0.15, 0.2) is 60.7 Å². The zero-order chi connectivity index (χ0) is 20.0. The van der Waals surface area contributed by atoms with Crippen molar-refractivity contribution < 1.29 is 13.2 Å². The van der Waals surface area contributed by atoms with Crippen LogP contribution in [0.3, 0.4) is 0 Å². The maximum atomic E-state index is 13.0. The molecule has 0 heterocycles. The molecular formula is C20H27N3O3S. The summed E-state index contributed by atoms with van der Waals surface area (Å²) in [5.41, 5.74) is 1.85. The molecule has 1 atom stereocenters. The summed E-state index contributed by atoms with van der Waals surface area (Å²) in [5.74, 6) is -0.583. The van der Waals surface area contributed by atoms with Gasteiger partial charge in [-0.25, -0.2) is 0 Å². The Morgan fingerprint density at radius 2 is 1.33 bits per heavy atom. The van der Waals surface area contributed by atoms with Gasteiger partial charge in [-0.1, -0.05) is 74.5 Å². The molecule has 7 heteroatoms. The summed E-state index contributed by atoms with van der Waals surface area (Å²) in [6.45, 7) is 3.62. The molecule has 2 aromatic rings. The molecule has 0 bridgehead atoms. The largest absolute Gasteiger partial charge is 0.344 e. The average molecular weight is 390 g/mol. The molecule has 0 aromatic heterocycles. The van der Waals surface area contributed by atoms with E-state index >= 15 is 0 Å². The minimum absolute atomic E-state index is 0.216.